The second-order valence-corrected chi connectivity index (χ2v) is 10.9. The average molecular weight is 456 g/mol. The molecule has 6 nitrogen and oxygen atoms in total. The molecule has 0 aromatic rings. The Kier molecular flexibility index (Phi) is 8.67. The molecule has 9 atom stereocenters. The molecule has 1 aliphatic carbocycles. The Morgan fingerprint density at radius 1 is 1.19 bits per heavy atom. The fraction of sp³-hybridized carbons (Fsp3) is 0.917. The summed E-state index contributed by atoms with van der Waals surface area (Å²) >= 11 is 6.70. The third kappa shape index (κ3) is 5.94. The van der Waals surface area contributed by atoms with Gasteiger partial charge in [0.25, 0.3) is 0 Å². The molecular formula is C24H42ClN3O3. The summed E-state index contributed by atoms with van der Waals surface area (Å²) in [7, 11) is 0. The smallest absolute Gasteiger partial charge is 0.225 e. The number of rotatable bonds is 6. The van der Waals surface area contributed by atoms with Gasteiger partial charge < -0.3 is 15.4 Å². The molecule has 2 heterocycles. The molecule has 2 aliphatic heterocycles. The van der Waals surface area contributed by atoms with Gasteiger partial charge in [-0.25, -0.2) is 0 Å². The highest BCUT2D eigenvalue weighted by Gasteiger charge is 2.43. The highest BCUT2D eigenvalue weighted by Crippen LogP contribution is 2.38. The summed E-state index contributed by atoms with van der Waals surface area (Å²) in [4.78, 5) is 28.2. The minimum atomic E-state index is -0.155. The molecule has 0 radical (unpaired) electrons. The lowest BCUT2D eigenvalue weighted by atomic mass is 9.74. The number of hydrogen-bond acceptors (Lipinski definition) is 4. The molecule has 0 aromatic heterocycles. The summed E-state index contributed by atoms with van der Waals surface area (Å²) < 4.78 is 5.76. The van der Waals surface area contributed by atoms with Gasteiger partial charge >= 0.3 is 0 Å². The van der Waals surface area contributed by atoms with Crippen molar-refractivity contribution in [3.05, 3.63) is 0 Å². The van der Waals surface area contributed by atoms with Gasteiger partial charge in [0.15, 0.2) is 0 Å². The van der Waals surface area contributed by atoms with Crippen LogP contribution in [0.1, 0.15) is 66.7 Å². The third-order valence-electron chi connectivity index (χ3n) is 7.94. The zero-order chi connectivity index (χ0) is 22.7. The molecule has 178 valence electrons. The maximum absolute atomic E-state index is 13.2. The second-order valence-electron chi connectivity index (χ2n) is 10.3. The summed E-state index contributed by atoms with van der Waals surface area (Å²) in [6.07, 6.45) is 4.94. The Balaban J connectivity index is 1.63. The fourth-order valence-corrected chi connectivity index (χ4v) is 6.55. The average Bonchev–Trinajstić information content (AvgIpc) is 2.70. The first-order valence-electron chi connectivity index (χ1n) is 12.3. The quantitative estimate of drug-likeness (QED) is 0.603. The molecule has 2 saturated heterocycles. The van der Waals surface area contributed by atoms with Crippen LogP contribution in [0.4, 0.5) is 0 Å². The van der Waals surface area contributed by atoms with E-state index in [1.54, 1.807) is 0 Å². The van der Waals surface area contributed by atoms with Gasteiger partial charge in [-0.05, 0) is 64.3 Å². The van der Waals surface area contributed by atoms with Crippen molar-refractivity contribution in [3.63, 3.8) is 0 Å². The van der Waals surface area contributed by atoms with Gasteiger partial charge in [-0.2, -0.15) is 0 Å². The predicted octanol–water partition coefficient (Wildman–Crippen LogP) is 3.17. The van der Waals surface area contributed by atoms with Crippen molar-refractivity contribution in [1.82, 2.24) is 15.5 Å². The van der Waals surface area contributed by atoms with E-state index >= 15 is 0 Å². The van der Waals surface area contributed by atoms with Crippen LogP contribution in [-0.2, 0) is 14.3 Å². The summed E-state index contributed by atoms with van der Waals surface area (Å²) in [5, 5.41) is 6.14. The number of amides is 2. The van der Waals surface area contributed by atoms with Gasteiger partial charge in [0.2, 0.25) is 11.8 Å². The van der Waals surface area contributed by atoms with Crippen molar-refractivity contribution in [1.29, 1.82) is 0 Å². The van der Waals surface area contributed by atoms with Crippen LogP contribution in [0, 0.1) is 23.7 Å². The van der Waals surface area contributed by atoms with Crippen molar-refractivity contribution >= 4 is 23.4 Å². The highest BCUT2D eigenvalue weighted by atomic mass is 35.5. The number of carbonyl (C=O) groups is 2. The monoisotopic (exact) mass is 455 g/mol. The molecule has 7 unspecified atom stereocenters. The van der Waals surface area contributed by atoms with Crippen LogP contribution in [0.3, 0.4) is 0 Å². The zero-order valence-electron chi connectivity index (χ0n) is 19.9. The van der Waals surface area contributed by atoms with Crippen LogP contribution < -0.4 is 10.6 Å². The molecule has 3 fully saturated rings. The van der Waals surface area contributed by atoms with Crippen LogP contribution in [0.15, 0.2) is 0 Å². The van der Waals surface area contributed by atoms with Crippen molar-refractivity contribution in [3.8, 4) is 0 Å². The first kappa shape index (κ1) is 24.8. The molecule has 7 heteroatoms. The van der Waals surface area contributed by atoms with Gasteiger partial charge in [0.05, 0.1) is 12.0 Å². The van der Waals surface area contributed by atoms with Gasteiger partial charge in [-0.15, -0.1) is 11.6 Å². The van der Waals surface area contributed by atoms with E-state index in [4.69, 9.17) is 16.3 Å². The Bertz CT molecular complexity index is 633. The number of hydrogen-bond donors (Lipinski definition) is 2. The topological polar surface area (TPSA) is 70.7 Å². The van der Waals surface area contributed by atoms with Crippen molar-refractivity contribution in [2.75, 3.05) is 19.7 Å². The maximum atomic E-state index is 13.2. The Morgan fingerprint density at radius 3 is 2.58 bits per heavy atom. The fourth-order valence-electron chi connectivity index (χ4n) is 6.18. The predicted molar refractivity (Wildman–Crippen MR) is 124 cm³/mol. The number of piperidine rings is 1. The maximum Gasteiger partial charge on any atom is 0.225 e. The Morgan fingerprint density at radius 2 is 1.94 bits per heavy atom. The first-order valence-corrected chi connectivity index (χ1v) is 12.7. The van der Waals surface area contributed by atoms with Gasteiger partial charge in [0, 0.05) is 42.6 Å². The van der Waals surface area contributed by atoms with E-state index in [1.807, 2.05) is 6.92 Å². The van der Waals surface area contributed by atoms with E-state index in [-0.39, 0.29) is 53.0 Å². The molecule has 3 rings (SSSR count). The van der Waals surface area contributed by atoms with E-state index in [2.05, 4.69) is 43.2 Å². The largest absolute Gasteiger partial charge is 0.378 e. The molecular weight excluding hydrogens is 414 g/mol. The number of nitrogens with zero attached hydrogens (tertiary/aromatic N) is 1. The van der Waals surface area contributed by atoms with Crippen molar-refractivity contribution < 1.29 is 14.3 Å². The van der Waals surface area contributed by atoms with Crippen molar-refractivity contribution in [2.24, 2.45) is 23.7 Å². The lowest BCUT2D eigenvalue weighted by Gasteiger charge is -2.48. The number of nitrogens with one attached hydrogen (secondary N) is 2. The summed E-state index contributed by atoms with van der Waals surface area (Å²) in [5.74, 6) is 0.337. The standard InChI is InChI=1S/C24H42ClN3O3/c1-6-28(19-7-8-31-16(4)10-19)22-12-18(25)11-20(17(22)5)23(29)26-13-21-14(2)9-15(3)27-24(21)30/h14-22H,6-13H2,1-5H3,(H,26,29)(H,27,30)/t14?,15?,16-,17?,18?,19-,20?,21?,22?/m0/s1. The lowest BCUT2D eigenvalue weighted by Crippen LogP contribution is -2.56. The Hall–Kier alpha value is -0.850. The molecule has 0 bridgehead atoms. The van der Waals surface area contributed by atoms with Crippen molar-refractivity contribution in [2.45, 2.75) is 96.3 Å². The Labute approximate surface area is 193 Å². The van der Waals surface area contributed by atoms with E-state index in [1.165, 1.54) is 0 Å². The highest BCUT2D eigenvalue weighted by molar-refractivity contribution is 6.20. The van der Waals surface area contributed by atoms with Crippen LogP contribution >= 0.6 is 11.6 Å². The zero-order valence-corrected chi connectivity index (χ0v) is 20.7. The number of carbonyl (C=O) groups excluding carboxylic acids is 2. The van der Waals surface area contributed by atoms with Crippen LogP contribution in [-0.4, -0.2) is 66.0 Å². The molecule has 3 aliphatic rings. The molecule has 31 heavy (non-hydrogen) atoms. The third-order valence-corrected chi connectivity index (χ3v) is 8.29. The molecule has 2 amide bonds. The summed E-state index contributed by atoms with van der Waals surface area (Å²) in [6, 6.07) is 0.990. The molecule has 0 aromatic carbocycles. The normalized spacial score (nSPS) is 41.6. The summed E-state index contributed by atoms with van der Waals surface area (Å²) in [5.41, 5.74) is 0. The van der Waals surface area contributed by atoms with Gasteiger partial charge in [-0.1, -0.05) is 20.8 Å². The van der Waals surface area contributed by atoms with E-state index in [0.717, 1.165) is 38.8 Å². The van der Waals surface area contributed by atoms with Crippen LogP contribution in [0.25, 0.3) is 0 Å². The molecule has 2 N–H and O–H groups in total. The van der Waals surface area contributed by atoms with Gasteiger partial charge in [-0.3, -0.25) is 14.5 Å². The minimum absolute atomic E-state index is 0.000941. The van der Waals surface area contributed by atoms with E-state index in [9.17, 15) is 9.59 Å². The number of alkyl halides is 1. The SMILES string of the molecule is CCN(C1CC(Cl)CC(C(=O)NCC2C(=O)NC(C)CC2C)C1C)[C@H]1CCO[C@@H](C)C1. The molecule has 1 saturated carbocycles. The van der Waals surface area contributed by atoms with E-state index < -0.39 is 0 Å². The summed E-state index contributed by atoms with van der Waals surface area (Å²) in [6.45, 7) is 12.9. The first-order chi connectivity index (χ1) is 14.7. The number of ether oxygens (including phenoxy) is 1. The lowest BCUT2D eigenvalue weighted by molar-refractivity contribution is -0.132. The van der Waals surface area contributed by atoms with Gasteiger partial charge in [0.1, 0.15) is 0 Å². The minimum Gasteiger partial charge on any atom is -0.378 e. The number of halogens is 1. The molecule has 0 spiro atoms. The van der Waals surface area contributed by atoms with Crippen LogP contribution in [0.5, 0.6) is 0 Å². The second kappa shape index (κ2) is 10.8. The van der Waals surface area contributed by atoms with E-state index in [0.29, 0.717) is 25.0 Å². The van der Waals surface area contributed by atoms with Crippen LogP contribution in [0.2, 0.25) is 0 Å².